The molecule has 0 aliphatic carbocycles. The molecule has 104 valence electrons. The van der Waals surface area contributed by atoms with E-state index in [2.05, 4.69) is 25.4 Å². The molecule has 0 aromatic heterocycles. The zero-order valence-corrected chi connectivity index (χ0v) is 12.1. The smallest absolute Gasteiger partial charge is 0.123 e. The van der Waals surface area contributed by atoms with Crippen molar-refractivity contribution in [1.29, 1.82) is 0 Å². The molecule has 0 fully saturated rings. The van der Waals surface area contributed by atoms with E-state index in [1.165, 1.54) is 6.07 Å². The van der Waals surface area contributed by atoms with Gasteiger partial charge in [-0.25, -0.2) is 4.39 Å². The van der Waals surface area contributed by atoms with E-state index in [9.17, 15) is 4.39 Å². The average molecular weight is 261 g/mol. The fourth-order valence-corrected chi connectivity index (χ4v) is 1.96. The van der Waals surface area contributed by atoms with E-state index in [0.29, 0.717) is 0 Å². The summed E-state index contributed by atoms with van der Waals surface area (Å²) in [5.41, 5.74) is 4.12. The lowest BCUT2D eigenvalue weighted by molar-refractivity contribution is 0.626. The molecule has 0 heterocycles. The molecular formula is C17H24FN. The molecule has 1 aromatic rings. The standard InChI is InChI=1S/C17H24FN/c1-5-11-19-14(4)7-8-15-9-10-16(18)12-17(15)13(3)6-2/h9-10,12,19H,3-8,11H2,1-2H3. The van der Waals surface area contributed by atoms with E-state index in [0.717, 1.165) is 54.6 Å². The Morgan fingerprint density at radius 2 is 2.00 bits per heavy atom. The van der Waals surface area contributed by atoms with Crippen LogP contribution in [-0.4, -0.2) is 6.54 Å². The van der Waals surface area contributed by atoms with Crippen molar-refractivity contribution in [2.45, 2.75) is 39.5 Å². The number of benzene rings is 1. The van der Waals surface area contributed by atoms with E-state index in [1.54, 1.807) is 6.07 Å². The Bertz CT molecular complexity index is 449. The normalized spacial score (nSPS) is 10.3. The fraction of sp³-hybridized carbons (Fsp3) is 0.412. The Morgan fingerprint density at radius 1 is 1.26 bits per heavy atom. The SMILES string of the molecule is C=C(CCc1ccc(F)cc1C(=C)CC)NCCC. The van der Waals surface area contributed by atoms with Gasteiger partial charge >= 0.3 is 0 Å². The van der Waals surface area contributed by atoms with Crippen LogP contribution in [0.1, 0.15) is 44.2 Å². The Kier molecular flexibility index (Phi) is 6.34. The van der Waals surface area contributed by atoms with Crippen molar-refractivity contribution in [3.63, 3.8) is 0 Å². The van der Waals surface area contributed by atoms with Gasteiger partial charge in [-0.1, -0.05) is 33.1 Å². The van der Waals surface area contributed by atoms with Crippen LogP contribution in [0, 0.1) is 5.82 Å². The predicted octanol–water partition coefficient (Wildman–Crippen LogP) is 4.69. The summed E-state index contributed by atoms with van der Waals surface area (Å²) in [5, 5.41) is 3.29. The van der Waals surface area contributed by atoms with Gasteiger partial charge in [0.1, 0.15) is 5.82 Å². The number of allylic oxidation sites excluding steroid dienone is 2. The van der Waals surface area contributed by atoms with Crippen molar-refractivity contribution < 1.29 is 4.39 Å². The van der Waals surface area contributed by atoms with Crippen molar-refractivity contribution in [2.75, 3.05) is 6.54 Å². The summed E-state index contributed by atoms with van der Waals surface area (Å²) in [5.74, 6) is -0.198. The zero-order valence-electron chi connectivity index (χ0n) is 12.1. The van der Waals surface area contributed by atoms with E-state index in [4.69, 9.17) is 0 Å². The van der Waals surface area contributed by atoms with Crippen LogP contribution in [-0.2, 0) is 6.42 Å². The number of nitrogens with one attached hydrogen (secondary N) is 1. The molecule has 1 aromatic carbocycles. The number of aryl methyl sites for hydroxylation is 1. The van der Waals surface area contributed by atoms with Crippen molar-refractivity contribution >= 4 is 5.57 Å². The Labute approximate surface area is 116 Å². The highest BCUT2D eigenvalue weighted by atomic mass is 19.1. The molecule has 0 unspecified atom stereocenters. The molecule has 1 N–H and O–H groups in total. The number of hydrogen-bond acceptors (Lipinski definition) is 1. The topological polar surface area (TPSA) is 12.0 Å². The second-order valence-electron chi connectivity index (χ2n) is 4.79. The van der Waals surface area contributed by atoms with Crippen LogP contribution in [0.15, 0.2) is 37.1 Å². The van der Waals surface area contributed by atoms with Gasteiger partial charge in [0.15, 0.2) is 0 Å². The monoisotopic (exact) mass is 261 g/mol. The van der Waals surface area contributed by atoms with Crippen LogP contribution in [0.25, 0.3) is 5.57 Å². The highest BCUT2D eigenvalue weighted by Gasteiger charge is 2.07. The Morgan fingerprint density at radius 3 is 2.63 bits per heavy atom. The number of halogens is 1. The molecule has 1 nitrogen and oxygen atoms in total. The highest BCUT2D eigenvalue weighted by Crippen LogP contribution is 2.23. The highest BCUT2D eigenvalue weighted by molar-refractivity contribution is 5.66. The molecule has 0 aliphatic rings. The molecule has 19 heavy (non-hydrogen) atoms. The molecule has 0 atom stereocenters. The lowest BCUT2D eigenvalue weighted by Gasteiger charge is -2.13. The van der Waals surface area contributed by atoms with Crippen LogP contribution >= 0.6 is 0 Å². The summed E-state index contributed by atoms with van der Waals surface area (Å²) in [7, 11) is 0. The van der Waals surface area contributed by atoms with Crippen LogP contribution in [0.5, 0.6) is 0 Å². The minimum Gasteiger partial charge on any atom is -0.389 e. The van der Waals surface area contributed by atoms with Crippen LogP contribution < -0.4 is 5.32 Å². The van der Waals surface area contributed by atoms with Crippen molar-refractivity contribution in [2.24, 2.45) is 0 Å². The molecule has 0 bridgehead atoms. The first kappa shape index (κ1) is 15.5. The Hall–Kier alpha value is -1.57. The second kappa shape index (κ2) is 7.78. The summed E-state index contributed by atoms with van der Waals surface area (Å²) < 4.78 is 13.3. The number of hydrogen-bond donors (Lipinski definition) is 1. The molecular weight excluding hydrogens is 237 g/mol. The Balaban J connectivity index is 2.72. The molecule has 0 spiro atoms. The van der Waals surface area contributed by atoms with E-state index < -0.39 is 0 Å². The van der Waals surface area contributed by atoms with Crippen LogP contribution in [0.2, 0.25) is 0 Å². The van der Waals surface area contributed by atoms with Gasteiger partial charge in [0.2, 0.25) is 0 Å². The predicted molar refractivity (Wildman–Crippen MR) is 81.5 cm³/mol. The summed E-state index contributed by atoms with van der Waals surface area (Å²) in [6.07, 6.45) is 3.67. The molecule has 0 amide bonds. The number of rotatable bonds is 8. The molecule has 0 saturated heterocycles. The molecule has 0 saturated carbocycles. The van der Waals surface area contributed by atoms with E-state index >= 15 is 0 Å². The van der Waals surface area contributed by atoms with Gasteiger partial charge in [-0.15, -0.1) is 0 Å². The van der Waals surface area contributed by atoms with Gasteiger partial charge in [-0.05, 0) is 54.5 Å². The third-order valence-electron chi connectivity index (χ3n) is 3.20. The summed E-state index contributed by atoms with van der Waals surface area (Å²) >= 11 is 0. The maximum Gasteiger partial charge on any atom is 0.123 e. The van der Waals surface area contributed by atoms with Gasteiger partial charge in [0, 0.05) is 12.2 Å². The fourth-order valence-electron chi connectivity index (χ4n) is 1.96. The minimum atomic E-state index is -0.198. The van der Waals surface area contributed by atoms with E-state index in [1.807, 2.05) is 13.0 Å². The first-order valence-electron chi connectivity index (χ1n) is 6.96. The largest absolute Gasteiger partial charge is 0.389 e. The molecule has 0 radical (unpaired) electrons. The lowest BCUT2D eigenvalue weighted by atomic mass is 9.95. The van der Waals surface area contributed by atoms with Gasteiger partial charge < -0.3 is 5.32 Å². The molecule has 1 rings (SSSR count). The summed E-state index contributed by atoms with van der Waals surface area (Å²) in [6.45, 7) is 13.2. The molecule has 0 aliphatic heterocycles. The quantitative estimate of drug-likeness (QED) is 0.715. The van der Waals surface area contributed by atoms with Crippen molar-refractivity contribution in [1.82, 2.24) is 5.32 Å². The van der Waals surface area contributed by atoms with Crippen LogP contribution in [0.4, 0.5) is 4.39 Å². The van der Waals surface area contributed by atoms with Gasteiger partial charge in [0.05, 0.1) is 0 Å². The average Bonchev–Trinajstić information content (AvgIpc) is 2.42. The third kappa shape index (κ3) is 4.90. The minimum absolute atomic E-state index is 0.198. The van der Waals surface area contributed by atoms with E-state index in [-0.39, 0.29) is 5.82 Å². The van der Waals surface area contributed by atoms with Gasteiger partial charge in [-0.2, -0.15) is 0 Å². The summed E-state index contributed by atoms with van der Waals surface area (Å²) in [4.78, 5) is 0. The van der Waals surface area contributed by atoms with Crippen LogP contribution in [0.3, 0.4) is 0 Å². The first-order valence-corrected chi connectivity index (χ1v) is 6.96. The zero-order chi connectivity index (χ0) is 14.3. The van der Waals surface area contributed by atoms with Gasteiger partial charge in [-0.3, -0.25) is 0 Å². The second-order valence-corrected chi connectivity index (χ2v) is 4.79. The molecule has 2 heteroatoms. The maximum absolute atomic E-state index is 13.3. The third-order valence-corrected chi connectivity index (χ3v) is 3.20. The van der Waals surface area contributed by atoms with Gasteiger partial charge in [0.25, 0.3) is 0 Å². The van der Waals surface area contributed by atoms with Crippen molar-refractivity contribution in [3.8, 4) is 0 Å². The summed E-state index contributed by atoms with van der Waals surface area (Å²) in [6, 6.07) is 4.96. The lowest BCUT2D eigenvalue weighted by Crippen LogP contribution is -2.13. The first-order chi connectivity index (χ1) is 9.08. The van der Waals surface area contributed by atoms with Crippen molar-refractivity contribution in [3.05, 3.63) is 54.0 Å². The maximum atomic E-state index is 13.3.